The van der Waals surface area contributed by atoms with Crippen LogP contribution >= 0.6 is 27.7 Å². The molecule has 0 amide bonds. The van der Waals surface area contributed by atoms with E-state index in [1.807, 2.05) is 12.1 Å². The van der Waals surface area contributed by atoms with Gasteiger partial charge in [-0.2, -0.15) is 0 Å². The molecule has 0 radical (unpaired) electrons. The topological polar surface area (TPSA) is 38.9 Å². The molecule has 0 saturated heterocycles. The summed E-state index contributed by atoms with van der Waals surface area (Å²) in [5.74, 6) is 1.50. The lowest BCUT2D eigenvalue weighted by atomic mass is 10.0. The van der Waals surface area contributed by atoms with Crippen LogP contribution in [0.1, 0.15) is 31.0 Å². The molecular formula is C17H21BrN2S. The first-order valence-corrected chi connectivity index (χ1v) is 8.92. The maximum absolute atomic E-state index is 6.28. The van der Waals surface area contributed by atoms with E-state index in [-0.39, 0.29) is 6.04 Å². The Balaban J connectivity index is 1.94. The highest BCUT2D eigenvalue weighted by Crippen LogP contribution is 2.27. The lowest BCUT2D eigenvalue weighted by Crippen LogP contribution is -2.13. The number of halogens is 1. The van der Waals surface area contributed by atoms with E-state index in [4.69, 9.17) is 5.73 Å². The zero-order valence-electron chi connectivity index (χ0n) is 12.4. The van der Waals surface area contributed by atoms with E-state index in [9.17, 15) is 0 Å². The van der Waals surface area contributed by atoms with Gasteiger partial charge in [0.2, 0.25) is 0 Å². The van der Waals surface area contributed by atoms with E-state index in [0.29, 0.717) is 5.92 Å². The molecule has 0 aliphatic carbocycles. The van der Waals surface area contributed by atoms with Crippen LogP contribution in [-0.2, 0) is 6.42 Å². The van der Waals surface area contributed by atoms with Gasteiger partial charge in [0, 0.05) is 22.5 Å². The zero-order chi connectivity index (χ0) is 15.2. The second-order valence-electron chi connectivity index (χ2n) is 5.55. The molecule has 1 heterocycles. The SMILES string of the molecule is CC(C)Cc1ccc(C(N)CSc2ncccc2Br)cc1. The molecule has 1 aromatic carbocycles. The van der Waals surface area contributed by atoms with Gasteiger partial charge in [0.25, 0.3) is 0 Å². The summed E-state index contributed by atoms with van der Waals surface area (Å²) in [5.41, 5.74) is 8.84. The number of benzene rings is 1. The summed E-state index contributed by atoms with van der Waals surface area (Å²) in [6, 6.07) is 12.6. The lowest BCUT2D eigenvalue weighted by molar-refractivity contribution is 0.647. The van der Waals surface area contributed by atoms with Crippen LogP contribution in [0, 0.1) is 5.92 Å². The van der Waals surface area contributed by atoms with Crippen molar-refractivity contribution in [1.29, 1.82) is 0 Å². The Morgan fingerprint density at radius 3 is 2.52 bits per heavy atom. The molecule has 4 heteroatoms. The zero-order valence-corrected chi connectivity index (χ0v) is 14.8. The molecule has 21 heavy (non-hydrogen) atoms. The summed E-state index contributed by atoms with van der Waals surface area (Å²) in [7, 11) is 0. The molecule has 0 fully saturated rings. The number of pyridine rings is 1. The molecule has 2 rings (SSSR count). The van der Waals surface area contributed by atoms with Crippen molar-refractivity contribution in [3.05, 3.63) is 58.2 Å². The number of hydrogen-bond acceptors (Lipinski definition) is 3. The van der Waals surface area contributed by atoms with Crippen LogP contribution in [0.4, 0.5) is 0 Å². The molecule has 112 valence electrons. The van der Waals surface area contributed by atoms with Crippen LogP contribution in [0.3, 0.4) is 0 Å². The normalized spacial score (nSPS) is 12.6. The lowest BCUT2D eigenvalue weighted by Gasteiger charge is -2.13. The maximum atomic E-state index is 6.28. The standard InChI is InChI=1S/C17H21BrN2S/c1-12(2)10-13-5-7-14(8-6-13)16(19)11-21-17-15(18)4-3-9-20-17/h3-9,12,16H,10-11,19H2,1-2H3. The minimum absolute atomic E-state index is 0.0250. The van der Waals surface area contributed by atoms with Crippen molar-refractivity contribution >= 4 is 27.7 Å². The van der Waals surface area contributed by atoms with Gasteiger partial charge in [-0.25, -0.2) is 4.98 Å². The Morgan fingerprint density at radius 1 is 1.19 bits per heavy atom. The number of nitrogens with zero attached hydrogens (tertiary/aromatic N) is 1. The molecule has 2 nitrogen and oxygen atoms in total. The fourth-order valence-corrected chi connectivity index (χ4v) is 3.58. The molecule has 0 aliphatic rings. The van der Waals surface area contributed by atoms with Crippen molar-refractivity contribution in [2.75, 3.05) is 5.75 Å². The van der Waals surface area contributed by atoms with Gasteiger partial charge in [0.1, 0.15) is 5.03 Å². The van der Waals surface area contributed by atoms with Crippen molar-refractivity contribution in [3.63, 3.8) is 0 Å². The molecule has 2 aromatic rings. The predicted octanol–water partition coefficient (Wildman–Crippen LogP) is 4.83. The van der Waals surface area contributed by atoms with Crippen LogP contribution in [0.15, 0.2) is 52.1 Å². The highest BCUT2D eigenvalue weighted by molar-refractivity contribution is 9.10. The first-order chi connectivity index (χ1) is 10.1. The molecule has 1 atom stereocenters. The van der Waals surface area contributed by atoms with Crippen LogP contribution in [0.25, 0.3) is 0 Å². The Morgan fingerprint density at radius 2 is 1.90 bits per heavy atom. The molecule has 0 spiro atoms. The minimum atomic E-state index is 0.0250. The van der Waals surface area contributed by atoms with Gasteiger partial charge in [0.05, 0.1) is 0 Å². The Kier molecular flexibility index (Phi) is 6.27. The predicted molar refractivity (Wildman–Crippen MR) is 94.6 cm³/mol. The molecular weight excluding hydrogens is 344 g/mol. The number of thioether (sulfide) groups is 1. The van der Waals surface area contributed by atoms with Gasteiger partial charge in [-0.15, -0.1) is 11.8 Å². The maximum Gasteiger partial charge on any atom is 0.110 e. The van der Waals surface area contributed by atoms with Crippen LogP contribution in [0.2, 0.25) is 0 Å². The third-order valence-corrected chi connectivity index (χ3v) is 5.20. The summed E-state index contributed by atoms with van der Waals surface area (Å²) in [6.45, 7) is 4.47. The van der Waals surface area contributed by atoms with Gasteiger partial charge in [-0.3, -0.25) is 0 Å². The summed E-state index contributed by atoms with van der Waals surface area (Å²) >= 11 is 5.19. The minimum Gasteiger partial charge on any atom is -0.323 e. The third kappa shape index (κ3) is 5.13. The fourth-order valence-electron chi connectivity index (χ4n) is 2.11. The average Bonchev–Trinajstić information content (AvgIpc) is 2.46. The van der Waals surface area contributed by atoms with Crippen molar-refractivity contribution in [1.82, 2.24) is 4.98 Å². The Labute approximate surface area is 139 Å². The number of hydrogen-bond donors (Lipinski definition) is 1. The third-order valence-electron chi connectivity index (χ3n) is 3.18. The van der Waals surface area contributed by atoms with E-state index in [1.54, 1.807) is 18.0 Å². The van der Waals surface area contributed by atoms with Crippen LogP contribution < -0.4 is 5.73 Å². The summed E-state index contributed by atoms with van der Waals surface area (Å²) in [5, 5.41) is 0.990. The highest BCUT2D eigenvalue weighted by atomic mass is 79.9. The monoisotopic (exact) mass is 364 g/mol. The van der Waals surface area contributed by atoms with E-state index in [1.165, 1.54) is 11.1 Å². The van der Waals surface area contributed by atoms with E-state index >= 15 is 0 Å². The highest BCUT2D eigenvalue weighted by Gasteiger charge is 2.09. The van der Waals surface area contributed by atoms with E-state index in [2.05, 4.69) is 59.0 Å². The molecule has 0 bridgehead atoms. The largest absolute Gasteiger partial charge is 0.323 e. The van der Waals surface area contributed by atoms with Crippen molar-refractivity contribution in [2.45, 2.75) is 31.3 Å². The average molecular weight is 365 g/mol. The van der Waals surface area contributed by atoms with E-state index in [0.717, 1.165) is 21.7 Å². The number of nitrogens with two attached hydrogens (primary N) is 1. The first kappa shape index (κ1) is 16.5. The molecule has 0 aliphatic heterocycles. The Hall–Kier alpha value is -0.840. The van der Waals surface area contributed by atoms with Crippen LogP contribution in [-0.4, -0.2) is 10.7 Å². The van der Waals surface area contributed by atoms with Gasteiger partial charge >= 0.3 is 0 Å². The molecule has 0 saturated carbocycles. The summed E-state index contributed by atoms with van der Waals surface area (Å²) < 4.78 is 1.02. The smallest absolute Gasteiger partial charge is 0.110 e. The van der Waals surface area contributed by atoms with Crippen molar-refractivity contribution in [3.8, 4) is 0 Å². The summed E-state index contributed by atoms with van der Waals surface area (Å²) in [4.78, 5) is 4.35. The molecule has 1 aromatic heterocycles. The van der Waals surface area contributed by atoms with Gasteiger partial charge in [-0.05, 0) is 51.5 Å². The first-order valence-electron chi connectivity index (χ1n) is 7.14. The fraction of sp³-hybridized carbons (Fsp3) is 0.353. The van der Waals surface area contributed by atoms with Crippen molar-refractivity contribution in [2.24, 2.45) is 11.7 Å². The number of rotatable bonds is 6. The van der Waals surface area contributed by atoms with Gasteiger partial charge < -0.3 is 5.73 Å². The van der Waals surface area contributed by atoms with Gasteiger partial charge in [0.15, 0.2) is 0 Å². The molecule has 1 unspecified atom stereocenters. The molecule has 2 N–H and O–H groups in total. The van der Waals surface area contributed by atoms with Crippen LogP contribution in [0.5, 0.6) is 0 Å². The summed E-state index contributed by atoms with van der Waals surface area (Å²) in [6.07, 6.45) is 2.92. The second-order valence-corrected chi connectivity index (χ2v) is 7.41. The van der Waals surface area contributed by atoms with E-state index < -0.39 is 0 Å². The number of aromatic nitrogens is 1. The van der Waals surface area contributed by atoms with Crippen molar-refractivity contribution < 1.29 is 0 Å². The quantitative estimate of drug-likeness (QED) is 0.745. The second kappa shape index (κ2) is 7.97. The Bertz CT molecular complexity index is 569. The van der Waals surface area contributed by atoms with Gasteiger partial charge in [-0.1, -0.05) is 38.1 Å².